The Bertz CT molecular complexity index is 1480. The monoisotopic (exact) mass is 494 g/mol. The van der Waals surface area contributed by atoms with E-state index in [1.807, 2.05) is 60.7 Å². The van der Waals surface area contributed by atoms with Crippen LogP contribution in [0.2, 0.25) is 0 Å². The molecule has 0 fully saturated rings. The predicted octanol–water partition coefficient (Wildman–Crippen LogP) is 3.67. The lowest BCUT2D eigenvalue weighted by molar-refractivity contribution is -0.147. The maximum absolute atomic E-state index is 13.3. The van der Waals surface area contributed by atoms with Crippen molar-refractivity contribution >= 4 is 28.6 Å². The van der Waals surface area contributed by atoms with E-state index in [9.17, 15) is 14.4 Å². The van der Waals surface area contributed by atoms with Crippen LogP contribution in [-0.2, 0) is 33.7 Å². The van der Waals surface area contributed by atoms with E-state index in [1.54, 1.807) is 34.9 Å². The summed E-state index contributed by atoms with van der Waals surface area (Å²) in [5.41, 5.74) is 3.09. The first-order valence-corrected chi connectivity index (χ1v) is 12.0. The van der Waals surface area contributed by atoms with Crippen molar-refractivity contribution in [3.8, 4) is 6.07 Å². The number of rotatable bonds is 10. The summed E-state index contributed by atoms with van der Waals surface area (Å²) in [5, 5.41) is 9.07. The van der Waals surface area contributed by atoms with Crippen LogP contribution in [0.15, 0.2) is 89.7 Å². The van der Waals surface area contributed by atoms with Gasteiger partial charge in [-0.2, -0.15) is 5.26 Å². The number of aryl methyl sites for hydroxylation is 3. The lowest BCUT2D eigenvalue weighted by Gasteiger charge is -2.19. The molecule has 37 heavy (non-hydrogen) atoms. The largest absolute Gasteiger partial charge is 0.456 e. The zero-order valence-corrected chi connectivity index (χ0v) is 20.2. The summed E-state index contributed by atoms with van der Waals surface area (Å²) in [6.45, 7) is -0.183. The molecule has 0 atom stereocenters. The second kappa shape index (κ2) is 12.3. The van der Waals surface area contributed by atoms with Crippen LogP contribution in [0.25, 0.3) is 11.0 Å². The molecule has 3 aromatic carbocycles. The highest BCUT2D eigenvalue weighted by Gasteiger charge is 2.18. The van der Waals surface area contributed by atoms with Gasteiger partial charge in [0.15, 0.2) is 6.61 Å². The molecule has 0 aliphatic heterocycles. The van der Waals surface area contributed by atoms with Gasteiger partial charge in [0, 0.05) is 18.7 Å². The lowest BCUT2D eigenvalue weighted by atomic mass is 10.1. The van der Waals surface area contributed by atoms with Crippen molar-refractivity contribution in [3.63, 3.8) is 0 Å². The van der Waals surface area contributed by atoms with Crippen LogP contribution in [0.1, 0.15) is 17.7 Å². The van der Waals surface area contributed by atoms with E-state index < -0.39 is 18.5 Å². The lowest BCUT2D eigenvalue weighted by Crippen LogP contribution is -2.35. The molecule has 0 spiro atoms. The average molecular weight is 495 g/mol. The minimum absolute atomic E-state index is 0.0859. The summed E-state index contributed by atoms with van der Waals surface area (Å²) in [4.78, 5) is 44.0. The molecule has 1 aromatic heterocycles. The fourth-order valence-corrected chi connectivity index (χ4v) is 4.03. The van der Waals surface area contributed by atoms with Gasteiger partial charge in [-0.1, -0.05) is 60.7 Å². The number of amides is 1. The normalized spacial score (nSPS) is 10.6. The molecule has 8 heteroatoms. The van der Waals surface area contributed by atoms with Crippen LogP contribution >= 0.6 is 0 Å². The number of ether oxygens (including phenoxy) is 1. The fraction of sp³-hybridized carbons (Fsp3) is 0.207. The molecule has 4 aromatic rings. The second-order valence-corrected chi connectivity index (χ2v) is 8.37. The van der Waals surface area contributed by atoms with Crippen LogP contribution in [0, 0.1) is 11.3 Å². The van der Waals surface area contributed by atoms with Crippen molar-refractivity contribution in [2.75, 3.05) is 18.1 Å². The first-order chi connectivity index (χ1) is 18.1. The van der Waals surface area contributed by atoms with Crippen LogP contribution in [0.4, 0.5) is 5.69 Å². The first-order valence-electron chi connectivity index (χ1n) is 12.0. The number of carbonyl (C=O) groups excluding carboxylic acids is 2. The van der Waals surface area contributed by atoms with Crippen molar-refractivity contribution in [1.82, 2.24) is 9.55 Å². The van der Waals surface area contributed by atoms with Crippen molar-refractivity contribution in [2.45, 2.75) is 25.8 Å². The van der Waals surface area contributed by atoms with E-state index in [2.05, 4.69) is 4.98 Å². The molecular formula is C29H26N4O4. The van der Waals surface area contributed by atoms with E-state index in [0.29, 0.717) is 24.2 Å². The molecule has 1 heterocycles. The number of nitrogens with zero attached hydrogens (tertiary/aromatic N) is 4. The van der Waals surface area contributed by atoms with E-state index in [4.69, 9.17) is 10.00 Å². The highest BCUT2D eigenvalue weighted by atomic mass is 16.5. The Kier molecular flexibility index (Phi) is 8.40. The standard InChI is InChI=1S/C29H26N4O4/c30-18-20-32(23-11-5-2-6-12-23)27(34)21-37-28(35)16-15-25-29(36)33(19-17-22-9-3-1-4-10-22)26-14-8-7-13-24(26)31-25/h1-14H,15-17,19-21H2. The summed E-state index contributed by atoms with van der Waals surface area (Å²) in [7, 11) is 0. The van der Waals surface area contributed by atoms with Gasteiger partial charge in [0.2, 0.25) is 0 Å². The van der Waals surface area contributed by atoms with Crippen LogP contribution in [0.3, 0.4) is 0 Å². The molecule has 0 saturated heterocycles. The highest BCUT2D eigenvalue weighted by molar-refractivity contribution is 5.95. The predicted molar refractivity (Wildman–Crippen MR) is 140 cm³/mol. The number of para-hydroxylation sites is 3. The average Bonchev–Trinajstić information content (AvgIpc) is 2.94. The number of aromatic nitrogens is 2. The Morgan fingerprint density at radius 2 is 1.59 bits per heavy atom. The van der Waals surface area contributed by atoms with E-state index in [-0.39, 0.29) is 30.6 Å². The van der Waals surface area contributed by atoms with Gasteiger partial charge in [-0.05, 0) is 36.2 Å². The van der Waals surface area contributed by atoms with Crippen molar-refractivity contribution in [2.24, 2.45) is 0 Å². The molecular weight excluding hydrogens is 468 g/mol. The number of hydrogen-bond acceptors (Lipinski definition) is 6. The van der Waals surface area contributed by atoms with Crippen LogP contribution in [0.5, 0.6) is 0 Å². The fourth-order valence-electron chi connectivity index (χ4n) is 4.03. The van der Waals surface area contributed by atoms with E-state index in [1.165, 1.54) is 4.90 Å². The number of fused-ring (bicyclic) bond motifs is 1. The maximum Gasteiger partial charge on any atom is 0.306 e. The summed E-state index contributed by atoms with van der Waals surface area (Å²) in [5.74, 6) is -1.13. The highest BCUT2D eigenvalue weighted by Crippen LogP contribution is 2.14. The number of carbonyl (C=O) groups is 2. The molecule has 0 unspecified atom stereocenters. The van der Waals surface area contributed by atoms with Gasteiger partial charge in [0.25, 0.3) is 11.5 Å². The Morgan fingerprint density at radius 3 is 2.32 bits per heavy atom. The van der Waals surface area contributed by atoms with Crippen LogP contribution < -0.4 is 10.5 Å². The van der Waals surface area contributed by atoms with Gasteiger partial charge in [0.1, 0.15) is 12.2 Å². The topological polar surface area (TPSA) is 105 Å². The number of benzene rings is 3. The molecule has 0 aliphatic rings. The quantitative estimate of drug-likeness (QED) is 0.246. The van der Waals surface area contributed by atoms with Gasteiger partial charge >= 0.3 is 5.97 Å². The molecule has 4 rings (SSSR count). The third-order valence-electron chi connectivity index (χ3n) is 5.91. The minimum Gasteiger partial charge on any atom is -0.456 e. The second-order valence-electron chi connectivity index (χ2n) is 8.37. The Hall–Kier alpha value is -4.77. The molecule has 0 bridgehead atoms. The summed E-state index contributed by atoms with van der Waals surface area (Å²) >= 11 is 0. The zero-order valence-electron chi connectivity index (χ0n) is 20.2. The summed E-state index contributed by atoms with van der Waals surface area (Å²) in [6, 6.07) is 28.0. The number of anilines is 1. The van der Waals surface area contributed by atoms with E-state index in [0.717, 1.165) is 11.1 Å². The Balaban J connectivity index is 1.42. The third kappa shape index (κ3) is 6.47. The molecule has 1 amide bonds. The van der Waals surface area contributed by atoms with Crippen LogP contribution in [-0.4, -0.2) is 34.6 Å². The minimum atomic E-state index is -0.622. The number of esters is 1. The molecule has 0 saturated carbocycles. The van der Waals surface area contributed by atoms with Gasteiger partial charge in [-0.25, -0.2) is 4.98 Å². The Morgan fingerprint density at radius 1 is 0.919 bits per heavy atom. The smallest absolute Gasteiger partial charge is 0.306 e. The van der Waals surface area contributed by atoms with Crippen molar-refractivity contribution in [1.29, 1.82) is 5.26 Å². The summed E-state index contributed by atoms with van der Waals surface area (Å²) < 4.78 is 6.85. The molecule has 0 radical (unpaired) electrons. The van der Waals surface area contributed by atoms with Crippen molar-refractivity contribution in [3.05, 3.63) is 107 Å². The first kappa shape index (κ1) is 25.3. The summed E-state index contributed by atoms with van der Waals surface area (Å²) in [6.07, 6.45) is 0.664. The van der Waals surface area contributed by atoms with Crippen molar-refractivity contribution < 1.29 is 14.3 Å². The Labute approximate surface area is 214 Å². The molecule has 0 aliphatic carbocycles. The number of hydrogen-bond donors (Lipinski definition) is 0. The zero-order chi connectivity index (χ0) is 26.0. The molecule has 8 nitrogen and oxygen atoms in total. The maximum atomic E-state index is 13.3. The van der Waals surface area contributed by atoms with Gasteiger partial charge in [-0.15, -0.1) is 0 Å². The number of nitriles is 1. The van der Waals surface area contributed by atoms with Gasteiger partial charge in [0.05, 0.1) is 23.5 Å². The van der Waals surface area contributed by atoms with E-state index >= 15 is 0 Å². The SMILES string of the molecule is N#CCN(C(=O)COC(=O)CCc1nc2ccccc2n(CCc2ccccc2)c1=O)c1ccccc1. The third-order valence-corrected chi connectivity index (χ3v) is 5.91. The molecule has 0 N–H and O–H groups in total. The van der Waals surface area contributed by atoms with Gasteiger partial charge < -0.3 is 9.30 Å². The van der Waals surface area contributed by atoms with Gasteiger partial charge in [-0.3, -0.25) is 19.3 Å². The molecule has 186 valence electrons.